The van der Waals surface area contributed by atoms with Crippen LogP contribution in [-0.2, 0) is 17.9 Å². The van der Waals surface area contributed by atoms with Gasteiger partial charge < -0.3 is 14.8 Å². The number of nitrogens with one attached hydrogen (secondary N) is 3. The number of hydrogen-bond donors (Lipinski definition) is 3. The quantitative estimate of drug-likeness (QED) is 0.632. The Morgan fingerprint density at radius 2 is 1.93 bits per heavy atom. The van der Waals surface area contributed by atoms with Gasteiger partial charge in [-0.15, -0.1) is 0 Å². The van der Waals surface area contributed by atoms with Crippen LogP contribution in [0, 0.1) is 0 Å². The van der Waals surface area contributed by atoms with Crippen LogP contribution in [0.15, 0.2) is 53.5 Å². The fourth-order valence-electron chi connectivity index (χ4n) is 3.33. The summed E-state index contributed by atoms with van der Waals surface area (Å²) in [7, 11) is 1.72. The summed E-state index contributed by atoms with van der Waals surface area (Å²) in [5.74, 6) is -0.639. The van der Waals surface area contributed by atoms with Gasteiger partial charge in [-0.3, -0.25) is 25.2 Å². The second-order valence-corrected chi connectivity index (χ2v) is 7.42. The molecule has 154 valence electrons. The molecule has 1 aliphatic rings. The minimum absolute atomic E-state index is 0.0226. The van der Waals surface area contributed by atoms with Crippen molar-refractivity contribution in [2.24, 2.45) is 0 Å². The van der Waals surface area contributed by atoms with Gasteiger partial charge in [-0.05, 0) is 31.0 Å². The van der Waals surface area contributed by atoms with Crippen LogP contribution in [0.1, 0.15) is 29.3 Å². The van der Waals surface area contributed by atoms with Crippen molar-refractivity contribution in [1.29, 1.82) is 0 Å². The number of nitrogens with zero attached hydrogens (tertiary/aromatic N) is 2. The molecule has 2 amide bonds. The van der Waals surface area contributed by atoms with E-state index in [1.165, 1.54) is 16.8 Å². The van der Waals surface area contributed by atoms with Gasteiger partial charge in [0.1, 0.15) is 12.1 Å². The average molecular weight is 397 g/mol. The molecule has 3 N–H and O–H groups in total. The lowest BCUT2D eigenvalue weighted by atomic mass is 10.1. The highest BCUT2D eigenvalue weighted by Gasteiger charge is 2.23. The van der Waals surface area contributed by atoms with Gasteiger partial charge in [-0.1, -0.05) is 30.3 Å². The summed E-state index contributed by atoms with van der Waals surface area (Å²) in [5.41, 5.74) is 6.77. The number of amides is 2. The number of rotatable bonds is 7. The summed E-state index contributed by atoms with van der Waals surface area (Å²) in [6, 6.07) is 13.1. The van der Waals surface area contributed by atoms with Gasteiger partial charge >= 0.3 is 0 Å². The topological polar surface area (TPSA) is 95.5 Å². The van der Waals surface area contributed by atoms with E-state index in [4.69, 9.17) is 0 Å². The van der Waals surface area contributed by atoms with Crippen molar-refractivity contribution in [3.05, 3.63) is 70.1 Å². The molecule has 0 spiro atoms. The Morgan fingerprint density at radius 1 is 1.17 bits per heavy atom. The first-order valence-corrected chi connectivity index (χ1v) is 9.70. The molecular formula is C21H27N5O3. The highest BCUT2D eigenvalue weighted by Crippen LogP contribution is 2.06. The first-order chi connectivity index (χ1) is 13.9. The maximum Gasteiger partial charge on any atom is 0.263 e. The van der Waals surface area contributed by atoms with Crippen molar-refractivity contribution >= 4 is 11.8 Å². The lowest BCUT2D eigenvalue weighted by molar-refractivity contribution is -0.130. The maximum absolute atomic E-state index is 12.7. The smallest absolute Gasteiger partial charge is 0.263 e. The number of pyridine rings is 1. The van der Waals surface area contributed by atoms with Crippen LogP contribution in [0.3, 0.4) is 0 Å². The van der Waals surface area contributed by atoms with E-state index in [1.54, 1.807) is 18.0 Å². The van der Waals surface area contributed by atoms with Gasteiger partial charge in [0, 0.05) is 38.4 Å². The molecule has 0 saturated carbocycles. The van der Waals surface area contributed by atoms with E-state index < -0.39 is 11.5 Å². The maximum atomic E-state index is 12.7. The van der Waals surface area contributed by atoms with Crippen LogP contribution in [-0.4, -0.2) is 47.0 Å². The van der Waals surface area contributed by atoms with Crippen LogP contribution in [0.4, 0.5) is 0 Å². The van der Waals surface area contributed by atoms with Gasteiger partial charge in [0.15, 0.2) is 0 Å². The van der Waals surface area contributed by atoms with Crippen LogP contribution < -0.4 is 21.7 Å². The molecule has 1 aliphatic heterocycles. The largest absolute Gasteiger partial charge is 0.348 e. The molecule has 8 heteroatoms. The summed E-state index contributed by atoms with van der Waals surface area (Å²) in [6.07, 6.45) is 2.45. The fourth-order valence-corrected chi connectivity index (χ4v) is 3.33. The van der Waals surface area contributed by atoms with Crippen molar-refractivity contribution in [2.75, 3.05) is 13.6 Å². The highest BCUT2D eigenvalue weighted by atomic mass is 16.2. The Hall–Kier alpha value is -2.97. The molecule has 0 radical (unpaired) electrons. The molecule has 0 bridgehead atoms. The Morgan fingerprint density at radius 3 is 2.62 bits per heavy atom. The molecule has 1 aromatic heterocycles. The molecule has 1 saturated heterocycles. The zero-order valence-corrected chi connectivity index (χ0v) is 16.7. The summed E-state index contributed by atoms with van der Waals surface area (Å²) >= 11 is 0. The number of likely N-dealkylation sites (N-methyl/N-ethyl adjacent to an activating group) is 1. The number of carbonyl (C=O) groups excluding carboxylic acids is 2. The Kier molecular flexibility index (Phi) is 6.79. The first kappa shape index (κ1) is 20.8. The van der Waals surface area contributed by atoms with E-state index >= 15 is 0 Å². The molecule has 2 heterocycles. The molecule has 2 atom stereocenters. The normalized spacial score (nSPS) is 18.4. The van der Waals surface area contributed by atoms with Gasteiger partial charge in [-0.2, -0.15) is 0 Å². The molecule has 2 unspecified atom stereocenters. The van der Waals surface area contributed by atoms with Crippen molar-refractivity contribution in [3.8, 4) is 0 Å². The summed E-state index contributed by atoms with van der Waals surface area (Å²) in [5, 5.41) is 2.75. The second-order valence-electron chi connectivity index (χ2n) is 7.42. The zero-order valence-electron chi connectivity index (χ0n) is 16.7. The van der Waals surface area contributed by atoms with E-state index in [1.807, 2.05) is 30.3 Å². The Bertz CT molecular complexity index is 912. The minimum atomic E-state index is -0.478. The van der Waals surface area contributed by atoms with Crippen molar-refractivity contribution in [3.63, 3.8) is 0 Å². The van der Waals surface area contributed by atoms with Gasteiger partial charge in [0.25, 0.3) is 11.5 Å². The average Bonchev–Trinajstić information content (AvgIpc) is 3.13. The molecule has 0 aliphatic carbocycles. The number of hydrazine groups is 1. The molecule has 2 aromatic rings. The number of hydrogen-bond acceptors (Lipinski definition) is 5. The van der Waals surface area contributed by atoms with E-state index in [9.17, 15) is 14.4 Å². The van der Waals surface area contributed by atoms with E-state index in [-0.39, 0.29) is 24.1 Å². The van der Waals surface area contributed by atoms with Crippen LogP contribution >= 0.6 is 0 Å². The summed E-state index contributed by atoms with van der Waals surface area (Å²) < 4.78 is 1.28. The highest BCUT2D eigenvalue weighted by molar-refractivity contribution is 5.93. The number of aromatic nitrogens is 1. The molecule has 1 fully saturated rings. The summed E-state index contributed by atoms with van der Waals surface area (Å²) in [6.45, 7) is 2.84. The summed E-state index contributed by atoms with van der Waals surface area (Å²) in [4.78, 5) is 39.3. The van der Waals surface area contributed by atoms with Gasteiger partial charge in [-0.25, -0.2) is 0 Å². The lowest BCUT2D eigenvalue weighted by Gasteiger charge is -2.21. The van der Waals surface area contributed by atoms with Crippen molar-refractivity contribution in [1.82, 2.24) is 25.6 Å². The van der Waals surface area contributed by atoms with Gasteiger partial charge in [0.05, 0.1) is 0 Å². The van der Waals surface area contributed by atoms with E-state index in [2.05, 4.69) is 23.1 Å². The molecule has 29 heavy (non-hydrogen) atoms. The van der Waals surface area contributed by atoms with Crippen LogP contribution in [0.5, 0.6) is 0 Å². The molecule has 3 rings (SSSR count). The second kappa shape index (κ2) is 9.49. The Labute approximate surface area is 169 Å². The Balaban J connectivity index is 1.61. The lowest BCUT2D eigenvalue weighted by Crippen LogP contribution is -2.43. The van der Waals surface area contributed by atoms with Gasteiger partial charge in [0.2, 0.25) is 5.91 Å². The SMILES string of the molecule is CC1CC(CN(C)C(=O)Cn2cccc(C(=O)NCc3ccccc3)c2=O)NN1. The zero-order chi connectivity index (χ0) is 20.8. The molecular weight excluding hydrogens is 370 g/mol. The van der Waals surface area contributed by atoms with Crippen molar-refractivity contribution in [2.45, 2.75) is 38.5 Å². The van der Waals surface area contributed by atoms with Crippen LogP contribution in [0.25, 0.3) is 0 Å². The number of carbonyl (C=O) groups is 2. The monoisotopic (exact) mass is 397 g/mol. The third-order valence-electron chi connectivity index (χ3n) is 4.96. The first-order valence-electron chi connectivity index (χ1n) is 9.70. The molecule has 1 aromatic carbocycles. The fraction of sp³-hybridized carbons (Fsp3) is 0.381. The third-order valence-corrected chi connectivity index (χ3v) is 4.96. The van der Waals surface area contributed by atoms with Crippen LogP contribution in [0.2, 0.25) is 0 Å². The van der Waals surface area contributed by atoms with E-state index in [0.717, 1.165) is 12.0 Å². The minimum Gasteiger partial charge on any atom is -0.348 e. The third kappa shape index (κ3) is 5.52. The molecule has 8 nitrogen and oxygen atoms in total. The van der Waals surface area contributed by atoms with Crippen molar-refractivity contribution < 1.29 is 9.59 Å². The predicted molar refractivity (Wildman–Crippen MR) is 110 cm³/mol. The van der Waals surface area contributed by atoms with E-state index in [0.29, 0.717) is 19.1 Å². The predicted octanol–water partition coefficient (Wildman–Crippen LogP) is 0.492. The standard InChI is InChI=1S/C21H27N5O3/c1-15-11-17(24-23-15)13-25(2)19(27)14-26-10-6-9-18(21(26)29)20(28)22-12-16-7-4-3-5-8-16/h3-10,15,17,23-24H,11-14H2,1-2H3,(H,22,28). The number of benzene rings is 1.